The van der Waals surface area contributed by atoms with Gasteiger partial charge >= 0.3 is 12.1 Å². The number of ether oxygens (including phenoxy) is 3. The Morgan fingerprint density at radius 1 is 1.12 bits per heavy atom. The summed E-state index contributed by atoms with van der Waals surface area (Å²) in [4.78, 5) is 31.3. The molecule has 1 fully saturated rings. The molecule has 0 unspecified atom stereocenters. The van der Waals surface area contributed by atoms with Crippen LogP contribution in [0.25, 0.3) is 0 Å². The molecule has 2 N–H and O–H groups in total. The van der Waals surface area contributed by atoms with Crippen LogP contribution < -0.4 is 0 Å². The van der Waals surface area contributed by atoms with E-state index in [1.54, 1.807) is 0 Å². The van der Waals surface area contributed by atoms with Crippen molar-refractivity contribution in [1.82, 2.24) is 0 Å². The highest BCUT2D eigenvalue weighted by Gasteiger charge is 2.18. The molecule has 0 saturated heterocycles. The topological polar surface area (TPSA) is 110 Å². The summed E-state index contributed by atoms with van der Waals surface area (Å²) in [6.07, 6.45) is 3.93. The Hall–Kier alpha value is -1.63. The first-order valence-electron chi connectivity index (χ1n) is 5.17. The molecular weight excluding hydrogens is 232 g/mol. The monoisotopic (exact) mass is 248 g/mol. The quantitative estimate of drug-likeness (QED) is 0.307. The second-order valence-electron chi connectivity index (χ2n) is 3.47. The SMILES string of the molecule is O.O=CC(=O)OCOC(=O)OC1CCCCC1. The van der Waals surface area contributed by atoms with Crippen LogP contribution in [0.3, 0.4) is 0 Å². The maximum absolute atomic E-state index is 11.1. The minimum absolute atomic E-state index is 0. The van der Waals surface area contributed by atoms with E-state index in [0.717, 1.165) is 32.1 Å². The van der Waals surface area contributed by atoms with Gasteiger partial charge in [-0.05, 0) is 25.7 Å². The van der Waals surface area contributed by atoms with Crippen molar-refractivity contribution >= 4 is 18.4 Å². The molecule has 0 heterocycles. The number of carbonyl (C=O) groups excluding carboxylic acids is 3. The summed E-state index contributed by atoms with van der Waals surface area (Å²) in [5.41, 5.74) is 0. The zero-order valence-electron chi connectivity index (χ0n) is 9.35. The molecule has 0 spiro atoms. The first kappa shape index (κ1) is 15.4. The van der Waals surface area contributed by atoms with Crippen molar-refractivity contribution in [2.24, 2.45) is 0 Å². The molecule has 98 valence electrons. The number of aldehydes is 1. The Morgan fingerprint density at radius 3 is 2.35 bits per heavy atom. The highest BCUT2D eigenvalue weighted by Crippen LogP contribution is 2.20. The van der Waals surface area contributed by atoms with Crippen LogP contribution >= 0.6 is 0 Å². The Labute approximate surface area is 98.3 Å². The fourth-order valence-electron chi connectivity index (χ4n) is 1.52. The smallest absolute Gasteiger partial charge is 0.431 e. The van der Waals surface area contributed by atoms with Gasteiger partial charge in [0, 0.05) is 0 Å². The van der Waals surface area contributed by atoms with Gasteiger partial charge in [-0.25, -0.2) is 9.59 Å². The second kappa shape index (κ2) is 8.51. The zero-order chi connectivity index (χ0) is 11.8. The lowest BCUT2D eigenvalue weighted by Crippen LogP contribution is -2.22. The first-order valence-corrected chi connectivity index (χ1v) is 5.17. The molecule has 1 aliphatic carbocycles. The second-order valence-corrected chi connectivity index (χ2v) is 3.47. The Morgan fingerprint density at radius 2 is 1.76 bits per heavy atom. The largest absolute Gasteiger partial charge is 0.511 e. The van der Waals surface area contributed by atoms with E-state index >= 15 is 0 Å². The van der Waals surface area contributed by atoms with Crippen molar-refractivity contribution in [3.8, 4) is 0 Å². The molecular formula is C10H16O7. The number of hydrogen-bond donors (Lipinski definition) is 0. The summed E-state index contributed by atoms with van der Waals surface area (Å²) >= 11 is 0. The molecule has 1 rings (SSSR count). The predicted octanol–water partition coefficient (Wildman–Crippen LogP) is 0.347. The molecule has 0 amide bonds. The number of esters is 1. The van der Waals surface area contributed by atoms with Gasteiger partial charge < -0.3 is 19.7 Å². The molecule has 7 heteroatoms. The lowest BCUT2D eigenvalue weighted by molar-refractivity contribution is -0.157. The maximum atomic E-state index is 11.1. The van der Waals surface area contributed by atoms with E-state index in [4.69, 9.17) is 4.74 Å². The van der Waals surface area contributed by atoms with Crippen LogP contribution in [0.2, 0.25) is 0 Å². The average molecular weight is 248 g/mol. The van der Waals surface area contributed by atoms with Crippen molar-refractivity contribution in [2.45, 2.75) is 38.2 Å². The van der Waals surface area contributed by atoms with Gasteiger partial charge in [-0.1, -0.05) is 6.42 Å². The molecule has 17 heavy (non-hydrogen) atoms. The third kappa shape index (κ3) is 6.52. The predicted molar refractivity (Wildman–Crippen MR) is 55.1 cm³/mol. The molecule has 0 aliphatic heterocycles. The van der Waals surface area contributed by atoms with Crippen molar-refractivity contribution in [3.63, 3.8) is 0 Å². The van der Waals surface area contributed by atoms with Gasteiger partial charge in [0.25, 0.3) is 0 Å². The molecule has 1 aliphatic rings. The van der Waals surface area contributed by atoms with Crippen LogP contribution in [0.1, 0.15) is 32.1 Å². The van der Waals surface area contributed by atoms with Crippen molar-refractivity contribution in [2.75, 3.05) is 6.79 Å². The number of hydrogen-bond acceptors (Lipinski definition) is 6. The van der Waals surface area contributed by atoms with Gasteiger partial charge in [-0.3, -0.25) is 4.79 Å². The van der Waals surface area contributed by atoms with E-state index in [0.29, 0.717) is 0 Å². The molecule has 0 aromatic heterocycles. The van der Waals surface area contributed by atoms with Gasteiger partial charge in [0.1, 0.15) is 6.10 Å². The highest BCUT2D eigenvalue weighted by molar-refractivity contribution is 6.20. The van der Waals surface area contributed by atoms with Gasteiger partial charge in [-0.2, -0.15) is 0 Å². The molecule has 0 aromatic carbocycles. The first-order chi connectivity index (χ1) is 7.72. The van der Waals surface area contributed by atoms with Gasteiger partial charge in [0.15, 0.2) is 0 Å². The molecule has 0 radical (unpaired) electrons. The van der Waals surface area contributed by atoms with Crippen LogP contribution in [0.4, 0.5) is 4.79 Å². The lowest BCUT2D eigenvalue weighted by atomic mass is 9.98. The third-order valence-electron chi connectivity index (χ3n) is 2.29. The molecule has 0 aromatic rings. The molecule has 0 atom stereocenters. The maximum Gasteiger partial charge on any atom is 0.511 e. The molecule has 7 nitrogen and oxygen atoms in total. The summed E-state index contributed by atoms with van der Waals surface area (Å²) in [7, 11) is 0. The average Bonchev–Trinajstić information content (AvgIpc) is 2.30. The van der Waals surface area contributed by atoms with E-state index in [2.05, 4.69) is 9.47 Å². The summed E-state index contributed by atoms with van der Waals surface area (Å²) in [5, 5.41) is 0. The van der Waals surface area contributed by atoms with E-state index in [1.807, 2.05) is 0 Å². The van der Waals surface area contributed by atoms with Crippen molar-refractivity contribution in [1.29, 1.82) is 0 Å². The fourth-order valence-corrected chi connectivity index (χ4v) is 1.52. The van der Waals surface area contributed by atoms with Crippen LogP contribution in [0.15, 0.2) is 0 Å². The standard InChI is InChI=1S/C10H14O6.H2O/c11-6-9(12)14-7-15-10(13)16-8-4-2-1-3-5-8;/h6,8H,1-5,7H2;1H2. The van der Waals surface area contributed by atoms with Crippen molar-refractivity contribution in [3.05, 3.63) is 0 Å². The molecule has 1 saturated carbocycles. The Balaban J connectivity index is 0.00000256. The van der Waals surface area contributed by atoms with Crippen LogP contribution in [0.5, 0.6) is 0 Å². The Kier molecular flexibility index (Phi) is 7.70. The van der Waals surface area contributed by atoms with Gasteiger partial charge in [0.05, 0.1) is 0 Å². The Bertz CT molecular complexity index is 257. The normalized spacial score (nSPS) is 15.3. The fraction of sp³-hybridized carbons (Fsp3) is 0.700. The van der Waals surface area contributed by atoms with E-state index in [9.17, 15) is 14.4 Å². The summed E-state index contributed by atoms with van der Waals surface area (Å²) in [5.74, 6) is -1.08. The highest BCUT2D eigenvalue weighted by atomic mass is 16.8. The number of carbonyl (C=O) groups is 3. The van der Waals surface area contributed by atoms with Crippen LogP contribution in [-0.2, 0) is 23.8 Å². The summed E-state index contributed by atoms with van der Waals surface area (Å²) in [6, 6.07) is 0. The summed E-state index contributed by atoms with van der Waals surface area (Å²) < 4.78 is 13.6. The number of rotatable bonds is 4. The minimum atomic E-state index is -1.08. The van der Waals surface area contributed by atoms with Crippen molar-refractivity contribution < 1.29 is 34.1 Å². The van der Waals surface area contributed by atoms with Crippen LogP contribution in [-0.4, -0.2) is 36.8 Å². The minimum Gasteiger partial charge on any atom is -0.431 e. The molecule has 0 bridgehead atoms. The zero-order valence-corrected chi connectivity index (χ0v) is 9.35. The van der Waals surface area contributed by atoms with Gasteiger partial charge in [0.2, 0.25) is 13.1 Å². The van der Waals surface area contributed by atoms with Crippen LogP contribution in [0, 0.1) is 0 Å². The summed E-state index contributed by atoms with van der Waals surface area (Å²) in [6.45, 7) is -0.594. The van der Waals surface area contributed by atoms with Gasteiger partial charge in [-0.15, -0.1) is 0 Å². The van der Waals surface area contributed by atoms with E-state index < -0.39 is 18.9 Å². The lowest BCUT2D eigenvalue weighted by Gasteiger charge is -2.21. The van der Waals surface area contributed by atoms with E-state index in [1.165, 1.54) is 0 Å². The van der Waals surface area contributed by atoms with E-state index in [-0.39, 0.29) is 17.9 Å². The third-order valence-corrected chi connectivity index (χ3v) is 2.29.